The molecule has 0 unspecified atom stereocenters. The van der Waals surface area contributed by atoms with Crippen molar-refractivity contribution in [3.63, 3.8) is 0 Å². The number of aliphatic carboxylic acids is 1. The Morgan fingerprint density at radius 3 is 2.62 bits per heavy atom. The number of carboxylic acid groups (broad SMARTS) is 1. The van der Waals surface area contributed by atoms with Gasteiger partial charge in [0.1, 0.15) is 11.3 Å². The summed E-state index contributed by atoms with van der Waals surface area (Å²) < 4.78 is 1.52. The molecule has 0 aliphatic carbocycles. The maximum Gasteiger partial charge on any atom is 1.00 e. The Labute approximate surface area is 168 Å². The van der Waals surface area contributed by atoms with E-state index < -0.39 is 5.97 Å². The second-order valence-electron chi connectivity index (χ2n) is 4.25. The van der Waals surface area contributed by atoms with Crippen LogP contribution in [0.3, 0.4) is 0 Å². The first kappa shape index (κ1) is 16.6. The number of hydrogen-bond acceptors (Lipinski definition) is 4. The molecule has 0 amide bonds. The van der Waals surface area contributed by atoms with Crippen LogP contribution in [0.25, 0.3) is 22.6 Å². The van der Waals surface area contributed by atoms with Crippen LogP contribution >= 0.6 is 11.6 Å². The molecule has 3 aromatic rings. The van der Waals surface area contributed by atoms with Crippen molar-refractivity contribution < 1.29 is 61.3 Å². The van der Waals surface area contributed by atoms with Crippen LogP contribution in [0.15, 0.2) is 42.6 Å². The fourth-order valence-electron chi connectivity index (χ4n) is 2.06. The number of carbonyl (C=O) groups excluding carboxylic acids is 1. The summed E-state index contributed by atoms with van der Waals surface area (Å²) in [4.78, 5) is 19.6. The third kappa shape index (κ3) is 3.53. The first-order valence-corrected chi connectivity index (χ1v) is 6.30. The zero-order chi connectivity index (χ0) is 14.1. The largest absolute Gasteiger partial charge is 1.00 e. The average molecular weight is 326 g/mol. The van der Waals surface area contributed by atoms with Gasteiger partial charge in [0.05, 0.1) is 12.5 Å². The van der Waals surface area contributed by atoms with E-state index in [1.807, 2.05) is 0 Å². The van der Waals surface area contributed by atoms with Gasteiger partial charge in [-0.3, -0.25) is 0 Å². The van der Waals surface area contributed by atoms with Crippen molar-refractivity contribution >= 4 is 28.7 Å². The quantitative estimate of drug-likeness (QED) is 0.550. The summed E-state index contributed by atoms with van der Waals surface area (Å²) in [5.41, 5.74) is 1.93. The standard InChI is InChI=1S/C14H10ClN3O2.K/c15-10-5-3-9(4-6-10)13-17-11-2-1-7-16-14(11)18(13)8-12(19)20;/h1-7H,8H2,(H,19,20);/q;+1/p-1. The third-order valence-electron chi connectivity index (χ3n) is 2.89. The second kappa shape index (κ2) is 7.00. The monoisotopic (exact) mass is 325 g/mol. The van der Waals surface area contributed by atoms with Crippen LogP contribution in [0.1, 0.15) is 0 Å². The number of benzene rings is 1. The Hall–Kier alpha value is -0.764. The van der Waals surface area contributed by atoms with Crippen LogP contribution < -0.4 is 56.5 Å². The number of aromatic nitrogens is 3. The minimum Gasteiger partial charge on any atom is -0.548 e. The molecule has 7 heteroatoms. The van der Waals surface area contributed by atoms with Crippen LogP contribution in [-0.2, 0) is 11.3 Å². The van der Waals surface area contributed by atoms with E-state index in [0.717, 1.165) is 5.56 Å². The van der Waals surface area contributed by atoms with E-state index in [-0.39, 0.29) is 57.9 Å². The molecule has 0 fully saturated rings. The van der Waals surface area contributed by atoms with Crippen LogP contribution in [0.2, 0.25) is 5.02 Å². The van der Waals surface area contributed by atoms with Gasteiger partial charge in [-0.25, -0.2) is 9.97 Å². The maximum atomic E-state index is 10.9. The number of nitrogens with zero attached hydrogens (tertiary/aromatic N) is 3. The number of carbonyl (C=O) groups is 1. The summed E-state index contributed by atoms with van der Waals surface area (Å²) in [6, 6.07) is 10.6. The predicted molar refractivity (Wildman–Crippen MR) is 73.0 cm³/mol. The molecule has 2 aromatic heterocycles. The molecule has 5 nitrogen and oxygen atoms in total. The van der Waals surface area contributed by atoms with Crippen molar-refractivity contribution in [1.29, 1.82) is 0 Å². The van der Waals surface area contributed by atoms with Gasteiger partial charge in [-0.1, -0.05) is 11.6 Å². The Bertz CT molecular complexity index is 787. The second-order valence-corrected chi connectivity index (χ2v) is 4.68. The van der Waals surface area contributed by atoms with Crippen molar-refractivity contribution in [2.75, 3.05) is 0 Å². The number of fused-ring (bicyclic) bond motifs is 1. The number of rotatable bonds is 3. The van der Waals surface area contributed by atoms with Crippen molar-refractivity contribution in [1.82, 2.24) is 14.5 Å². The minimum absolute atomic E-state index is 0. The molecule has 0 N–H and O–H groups in total. The topological polar surface area (TPSA) is 70.8 Å². The number of pyridine rings is 1. The Morgan fingerprint density at radius 2 is 1.95 bits per heavy atom. The predicted octanol–water partition coefficient (Wildman–Crippen LogP) is -1.49. The third-order valence-corrected chi connectivity index (χ3v) is 3.15. The average Bonchev–Trinajstić information content (AvgIpc) is 2.78. The van der Waals surface area contributed by atoms with E-state index in [9.17, 15) is 9.90 Å². The van der Waals surface area contributed by atoms with E-state index in [1.54, 1.807) is 42.6 Å². The van der Waals surface area contributed by atoms with Gasteiger partial charge < -0.3 is 14.5 Å². The summed E-state index contributed by atoms with van der Waals surface area (Å²) in [5, 5.41) is 11.5. The zero-order valence-electron chi connectivity index (χ0n) is 11.3. The van der Waals surface area contributed by atoms with Gasteiger partial charge >= 0.3 is 51.4 Å². The molecule has 0 saturated carbocycles. The molecule has 1 aromatic carbocycles. The molecular weight excluding hydrogens is 317 g/mol. The molecular formula is C14H9ClKN3O2. The molecule has 100 valence electrons. The first-order chi connectivity index (χ1) is 9.65. The number of hydrogen-bond donors (Lipinski definition) is 0. The molecule has 0 spiro atoms. The minimum atomic E-state index is -1.19. The van der Waals surface area contributed by atoms with E-state index in [1.165, 1.54) is 4.57 Å². The van der Waals surface area contributed by atoms with E-state index in [0.29, 0.717) is 22.0 Å². The van der Waals surface area contributed by atoms with Crippen molar-refractivity contribution in [2.24, 2.45) is 0 Å². The van der Waals surface area contributed by atoms with Crippen molar-refractivity contribution in [2.45, 2.75) is 6.54 Å². The van der Waals surface area contributed by atoms with Crippen LogP contribution in [-0.4, -0.2) is 20.5 Å². The van der Waals surface area contributed by atoms with Crippen molar-refractivity contribution in [3.8, 4) is 11.4 Å². The number of halogens is 1. The Kier molecular flexibility index (Phi) is 5.53. The van der Waals surface area contributed by atoms with Gasteiger partial charge in [-0.05, 0) is 36.4 Å². The van der Waals surface area contributed by atoms with E-state index in [2.05, 4.69) is 9.97 Å². The van der Waals surface area contributed by atoms with Gasteiger partial charge in [-0.15, -0.1) is 0 Å². The summed E-state index contributed by atoms with van der Waals surface area (Å²) in [6.07, 6.45) is 1.60. The Balaban J connectivity index is 0.00000161. The van der Waals surface area contributed by atoms with Crippen LogP contribution in [0.5, 0.6) is 0 Å². The SMILES string of the molecule is O=C([O-])Cn1c(-c2ccc(Cl)cc2)nc2cccnc21.[K+]. The number of imidazole rings is 1. The molecule has 3 rings (SSSR count). The molecule has 0 aliphatic heterocycles. The molecule has 0 aliphatic rings. The van der Waals surface area contributed by atoms with Gasteiger partial charge in [0, 0.05) is 16.8 Å². The van der Waals surface area contributed by atoms with Gasteiger partial charge in [-0.2, -0.15) is 0 Å². The fraction of sp³-hybridized carbons (Fsp3) is 0.0714. The molecule has 21 heavy (non-hydrogen) atoms. The fourth-order valence-corrected chi connectivity index (χ4v) is 2.18. The summed E-state index contributed by atoms with van der Waals surface area (Å²) >= 11 is 5.86. The van der Waals surface area contributed by atoms with Crippen LogP contribution in [0.4, 0.5) is 0 Å². The van der Waals surface area contributed by atoms with Gasteiger partial charge in [0.25, 0.3) is 0 Å². The normalized spacial score (nSPS) is 10.3. The van der Waals surface area contributed by atoms with Crippen LogP contribution in [0, 0.1) is 0 Å². The molecule has 0 atom stereocenters. The first-order valence-electron chi connectivity index (χ1n) is 5.92. The molecule has 0 saturated heterocycles. The number of carboxylic acids is 1. The summed E-state index contributed by atoms with van der Waals surface area (Å²) in [7, 11) is 0. The van der Waals surface area contributed by atoms with Crippen molar-refractivity contribution in [3.05, 3.63) is 47.6 Å². The smallest absolute Gasteiger partial charge is 0.548 e. The maximum absolute atomic E-state index is 10.9. The van der Waals surface area contributed by atoms with Gasteiger partial charge in [0.2, 0.25) is 0 Å². The summed E-state index contributed by atoms with van der Waals surface area (Å²) in [6.45, 7) is -0.300. The summed E-state index contributed by atoms with van der Waals surface area (Å²) in [5.74, 6) is -0.662. The van der Waals surface area contributed by atoms with Gasteiger partial charge in [0.15, 0.2) is 5.65 Å². The molecule has 2 heterocycles. The Morgan fingerprint density at radius 1 is 1.24 bits per heavy atom. The zero-order valence-corrected chi connectivity index (χ0v) is 15.2. The molecule has 0 bridgehead atoms. The van der Waals surface area contributed by atoms with E-state index in [4.69, 9.17) is 11.6 Å². The molecule has 0 radical (unpaired) electrons. The van der Waals surface area contributed by atoms with E-state index >= 15 is 0 Å².